The third kappa shape index (κ3) is 5.20. The number of hydrogen-bond donors (Lipinski definition) is 0. The molecule has 1 fully saturated rings. The average molecular weight is 486 g/mol. The second-order valence-corrected chi connectivity index (χ2v) is 11.5. The van der Waals surface area contributed by atoms with E-state index in [1.54, 1.807) is 31.2 Å². The largest absolute Gasteiger partial charge is 0.411 e. The Kier molecular flexibility index (Phi) is 7.02. The third-order valence-corrected chi connectivity index (χ3v) is 8.71. The molecule has 0 radical (unpaired) electrons. The molecular weight excluding hydrogens is 458 g/mol. The average Bonchev–Trinajstić information content (AvgIpc) is 3.29. The number of ketones is 1. The van der Waals surface area contributed by atoms with Gasteiger partial charge < -0.3 is 4.42 Å². The van der Waals surface area contributed by atoms with Crippen LogP contribution in [0.25, 0.3) is 11.5 Å². The zero-order valence-electron chi connectivity index (χ0n) is 18.9. The molecule has 0 aliphatic carbocycles. The van der Waals surface area contributed by atoms with Gasteiger partial charge in [-0.05, 0) is 69.0 Å². The number of benzene rings is 2. The lowest BCUT2D eigenvalue weighted by Gasteiger charge is -2.25. The maximum absolute atomic E-state index is 13.0. The van der Waals surface area contributed by atoms with Gasteiger partial charge in [0.2, 0.25) is 15.9 Å². The molecule has 2 heterocycles. The minimum absolute atomic E-state index is 0.0162. The summed E-state index contributed by atoms with van der Waals surface area (Å²) in [5.41, 5.74) is 3.38. The second kappa shape index (κ2) is 9.79. The highest BCUT2D eigenvalue weighted by molar-refractivity contribution is 8.00. The molecule has 0 saturated carbocycles. The fourth-order valence-corrected chi connectivity index (χ4v) is 6.08. The van der Waals surface area contributed by atoms with Crippen LogP contribution in [0.2, 0.25) is 0 Å². The summed E-state index contributed by atoms with van der Waals surface area (Å²) in [4.78, 5) is 13.0. The standard InChI is InChI=1S/C24H27N3O4S2/c1-16-10-11-19(14-17(16)2)22(28)18(3)32-24-26-25-23(31-24)20-8-7-9-21(15-20)33(29,30)27-12-5-4-6-13-27/h7-11,14-15,18H,4-6,12-13H2,1-3H3/t18-/m1/s1. The van der Waals surface area contributed by atoms with E-state index in [9.17, 15) is 13.2 Å². The Hall–Kier alpha value is -2.49. The van der Waals surface area contributed by atoms with Gasteiger partial charge in [0, 0.05) is 24.2 Å². The van der Waals surface area contributed by atoms with Crippen molar-refractivity contribution in [3.8, 4) is 11.5 Å². The van der Waals surface area contributed by atoms with Crippen LogP contribution in [0.4, 0.5) is 0 Å². The molecule has 3 aromatic rings. The van der Waals surface area contributed by atoms with Crippen molar-refractivity contribution in [3.05, 3.63) is 59.2 Å². The van der Waals surface area contributed by atoms with E-state index in [4.69, 9.17) is 4.42 Å². The molecule has 174 valence electrons. The fourth-order valence-electron chi connectivity index (χ4n) is 3.75. The van der Waals surface area contributed by atoms with Gasteiger partial charge in [-0.2, -0.15) is 4.31 Å². The first-order chi connectivity index (χ1) is 15.8. The Morgan fingerprint density at radius 3 is 2.52 bits per heavy atom. The van der Waals surface area contributed by atoms with E-state index in [1.807, 2.05) is 32.0 Å². The molecule has 33 heavy (non-hydrogen) atoms. The van der Waals surface area contributed by atoms with Crippen molar-refractivity contribution >= 4 is 27.6 Å². The lowest BCUT2D eigenvalue weighted by Crippen LogP contribution is -2.35. The quantitative estimate of drug-likeness (QED) is 0.347. The number of sulfonamides is 1. The van der Waals surface area contributed by atoms with E-state index >= 15 is 0 Å². The van der Waals surface area contributed by atoms with Crippen LogP contribution in [-0.2, 0) is 10.0 Å². The van der Waals surface area contributed by atoms with E-state index in [0.717, 1.165) is 30.4 Å². The summed E-state index contributed by atoms with van der Waals surface area (Å²) >= 11 is 1.19. The van der Waals surface area contributed by atoms with Gasteiger partial charge in [-0.1, -0.05) is 36.4 Å². The van der Waals surface area contributed by atoms with Crippen LogP contribution in [0, 0.1) is 13.8 Å². The first kappa shape index (κ1) is 23.7. The molecule has 0 amide bonds. The lowest BCUT2D eigenvalue weighted by atomic mass is 10.0. The Labute approximate surface area is 198 Å². The number of aromatic nitrogens is 2. The predicted octanol–water partition coefficient (Wildman–Crippen LogP) is 4.89. The number of hydrogen-bond acceptors (Lipinski definition) is 7. The Morgan fingerprint density at radius 2 is 1.79 bits per heavy atom. The summed E-state index contributed by atoms with van der Waals surface area (Å²) in [5, 5.41) is 7.98. The van der Waals surface area contributed by atoms with E-state index in [0.29, 0.717) is 24.2 Å². The molecule has 0 N–H and O–H groups in total. The number of rotatable bonds is 7. The van der Waals surface area contributed by atoms with Gasteiger partial charge in [0.25, 0.3) is 5.22 Å². The molecule has 7 nitrogen and oxygen atoms in total. The maximum atomic E-state index is 13.0. The van der Waals surface area contributed by atoms with Crippen LogP contribution < -0.4 is 0 Å². The molecule has 2 aromatic carbocycles. The number of thioether (sulfide) groups is 1. The SMILES string of the molecule is Cc1ccc(C(=O)[C@@H](C)Sc2nnc(-c3cccc(S(=O)(=O)N4CCCCC4)c3)o2)cc1C. The number of aryl methyl sites for hydroxylation is 2. The Bertz CT molecular complexity index is 1260. The molecule has 0 unspecified atom stereocenters. The molecule has 1 aliphatic heterocycles. The van der Waals surface area contributed by atoms with Crippen LogP contribution in [-0.4, -0.2) is 47.0 Å². The summed E-state index contributed by atoms with van der Waals surface area (Å²) < 4.78 is 33.3. The minimum atomic E-state index is -3.56. The van der Waals surface area contributed by atoms with Gasteiger partial charge in [0.15, 0.2) is 5.78 Å². The molecule has 1 aromatic heterocycles. The van der Waals surface area contributed by atoms with Crippen LogP contribution in [0.1, 0.15) is 47.7 Å². The molecule has 1 saturated heterocycles. The minimum Gasteiger partial charge on any atom is -0.411 e. The summed E-state index contributed by atoms with van der Waals surface area (Å²) in [6.07, 6.45) is 2.81. The van der Waals surface area contributed by atoms with Crippen LogP contribution in [0.5, 0.6) is 0 Å². The van der Waals surface area contributed by atoms with Gasteiger partial charge in [-0.25, -0.2) is 8.42 Å². The topological polar surface area (TPSA) is 93.4 Å². The number of carbonyl (C=O) groups excluding carboxylic acids is 1. The number of carbonyl (C=O) groups is 1. The van der Waals surface area contributed by atoms with Gasteiger partial charge in [-0.15, -0.1) is 10.2 Å². The highest BCUT2D eigenvalue weighted by Gasteiger charge is 2.27. The van der Waals surface area contributed by atoms with Crippen molar-refractivity contribution in [2.45, 2.75) is 55.4 Å². The third-order valence-electron chi connectivity index (χ3n) is 5.88. The molecule has 1 aliphatic rings. The lowest BCUT2D eigenvalue weighted by molar-refractivity contribution is 0.0993. The van der Waals surface area contributed by atoms with E-state index in [1.165, 1.54) is 16.1 Å². The van der Waals surface area contributed by atoms with Gasteiger partial charge in [0.05, 0.1) is 10.1 Å². The summed E-state index contributed by atoms with van der Waals surface area (Å²) in [6.45, 7) is 6.88. The summed E-state index contributed by atoms with van der Waals surface area (Å²) in [7, 11) is -3.56. The first-order valence-corrected chi connectivity index (χ1v) is 13.3. The highest BCUT2D eigenvalue weighted by Crippen LogP contribution is 2.30. The number of nitrogens with zero attached hydrogens (tertiary/aromatic N) is 3. The van der Waals surface area contributed by atoms with Crippen molar-refractivity contribution in [2.75, 3.05) is 13.1 Å². The second-order valence-electron chi connectivity index (χ2n) is 8.29. The normalized spacial score (nSPS) is 16.0. The molecule has 0 spiro atoms. The smallest absolute Gasteiger partial charge is 0.277 e. The zero-order chi connectivity index (χ0) is 23.6. The maximum Gasteiger partial charge on any atom is 0.277 e. The number of piperidine rings is 1. The van der Waals surface area contributed by atoms with Crippen molar-refractivity contribution in [3.63, 3.8) is 0 Å². The van der Waals surface area contributed by atoms with Gasteiger partial charge >= 0.3 is 0 Å². The monoisotopic (exact) mass is 485 g/mol. The van der Waals surface area contributed by atoms with Gasteiger partial charge in [-0.3, -0.25) is 4.79 Å². The van der Waals surface area contributed by atoms with Crippen molar-refractivity contribution in [1.82, 2.24) is 14.5 Å². The Morgan fingerprint density at radius 1 is 1.03 bits per heavy atom. The van der Waals surface area contributed by atoms with Crippen molar-refractivity contribution in [2.24, 2.45) is 0 Å². The predicted molar refractivity (Wildman–Crippen MR) is 128 cm³/mol. The fraction of sp³-hybridized carbons (Fsp3) is 0.375. The van der Waals surface area contributed by atoms with Crippen LogP contribution in [0.15, 0.2) is 57.0 Å². The molecule has 1 atom stereocenters. The van der Waals surface area contributed by atoms with Crippen molar-refractivity contribution < 1.29 is 17.6 Å². The summed E-state index contributed by atoms with van der Waals surface area (Å²) in [5.74, 6) is 0.205. The molecule has 0 bridgehead atoms. The van der Waals surface area contributed by atoms with E-state index < -0.39 is 15.3 Å². The summed E-state index contributed by atoms with van der Waals surface area (Å²) in [6, 6.07) is 12.2. The van der Waals surface area contributed by atoms with Crippen LogP contribution in [0.3, 0.4) is 0 Å². The highest BCUT2D eigenvalue weighted by atomic mass is 32.2. The zero-order valence-corrected chi connectivity index (χ0v) is 20.6. The van der Waals surface area contributed by atoms with E-state index in [-0.39, 0.29) is 21.8 Å². The molecule has 4 rings (SSSR count). The van der Waals surface area contributed by atoms with E-state index in [2.05, 4.69) is 10.2 Å². The van der Waals surface area contributed by atoms with Crippen LogP contribution >= 0.6 is 11.8 Å². The first-order valence-electron chi connectivity index (χ1n) is 11.0. The number of Topliss-reactive ketones (excluding diaryl/α,β-unsaturated/α-hetero) is 1. The molecule has 9 heteroatoms. The van der Waals surface area contributed by atoms with Gasteiger partial charge in [0.1, 0.15) is 0 Å². The van der Waals surface area contributed by atoms with Crippen molar-refractivity contribution in [1.29, 1.82) is 0 Å². The molecular formula is C24H27N3O4S2. The Balaban J connectivity index is 1.49.